The highest BCUT2D eigenvalue weighted by Crippen LogP contribution is 2.26. The van der Waals surface area contributed by atoms with Crippen LogP contribution in [0.3, 0.4) is 0 Å². The number of piperidine rings is 1. The molecule has 28 heavy (non-hydrogen) atoms. The highest BCUT2D eigenvalue weighted by atomic mass is 16.3. The molecule has 4 rings (SSSR count). The van der Waals surface area contributed by atoms with Gasteiger partial charge in [-0.1, -0.05) is 12.1 Å². The van der Waals surface area contributed by atoms with E-state index in [1.807, 2.05) is 58.4 Å². The zero-order valence-electron chi connectivity index (χ0n) is 15.8. The molecule has 0 bridgehead atoms. The van der Waals surface area contributed by atoms with Crippen LogP contribution in [0.4, 0.5) is 0 Å². The monoisotopic (exact) mass is 379 g/mol. The number of hydrogen-bond acceptors (Lipinski definition) is 4. The molecule has 1 amide bonds. The van der Waals surface area contributed by atoms with Crippen molar-refractivity contribution in [3.05, 3.63) is 71.8 Å². The van der Waals surface area contributed by atoms with Crippen molar-refractivity contribution in [2.24, 2.45) is 0 Å². The Labute approximate surface area is 164 Å². The Morgan fingerprint density at radius 3 is 2.93 bits per heavy atom. The zero-order chi connectivity index (χ0) is 19.3. The quantitative estimate of drug-likeness (QED) is 0.712. The SMILES string of the molecule is O=C(c1cccc(Cn2cccn2)c1)N1CCC[C@@H](c2ccn(CCO)n2)C1. The number of aliphatic hydroxyl groups excluding tert-OH is 1. The van der Waals surface area contributed by atoms with Gasteiger partial charge in [0.25, 0.3) is 5.91 Å². The molecule has 0 unspecified atom stereocenters. The lowest BCUT2D eigenvalue weighted by atomic mass is 9.94. The van der Waals surface area contributed by atoms with Crippen LogP contribution in [-0.2, 0) is 13.1 Å². The fourth-order valence-corrected chi connectivity index (χ4v) is 3.79. The predicted molar refractivity (Wildman–Crippen MR) is 105 cm³/mol. The molecule has 1 fully saturated rings. The first-order valence-corrected chi connectivity index (χ1v) is 9.73. The highest BCUT2D eigenvalue weighted by molar-refractivity contribution is 5.94. The lowest BCUT2D eigenvalue weighted by Crippen LogP contribution is -2.39. The van der Waals surface area contributed by atoms with Crippen LogP contribution in [0.15, 0.2) is 55.0 Å². The maximum Gasteiger partial charge on any atom is 0.253 e. The van der Waals surface area contributed by atoms with E-state index in [0.717, 1.165) is 36.2 Å². The summed E-state index contributed by atoms with van der Waals surface area (Å²) in [7, 11) is 0. The van der Waals surface area contributed by atoms with Crippen molar-refractivity contribution in [2.45, 2.75) is 31.8 Å². The van der Waals surface area contributed by atoms with Crippen molar-refractivity contribution in [2.75, 3.05) is 19.7 Å². The summed E-state index contributed by atoms with van der Waals surface area (Å²) in [6.07, 6.45) is 7.56. The molecule has 0 saturated carbocycles. The molecule has 146 valence electrons. The Morgan fingerprint density at radius 1 is 1.18 bits per heavy atom. The van der Waals surface area contributed by atoms with Gasteiger partial charge in [0.05, 0.1) is 25.4 Å². The molecular formula is C21H25N5O2. The van der Waals surface area contributed by atoms with Crippen LogP contribution in [-0.4, -0.2) is 55.2 Å². The summed E-state index contributed by atoms with van der Waals surface area (Å²) >= 11 is 0. The number of aromatic nitrogens is 4. The van der Waals surface area contributed by atoms with Crippen LogP contribution in [0.1, 0.15) is 40.4 Å². The lowest BCUT2D eigenvalue weighted by molar-refractivity contribution is 0.0705. The van der Waals surface area contributed by atoms with Crippen molar-refractivity contribution in [1.82, 2.24) is 24.5 Å². The number of carbonyl (C=O) groups excluding carboxylic acids is 1. The van der Waals surface area contributed by atoms with E-state index in [1.165, 1.54) is 0 Å². The minimum atomic E-state index is 0.0711. The van der Waals surface area contributed by atoms with Gasteiger partial charge in [-0.25, -0.2) is 0 Å². The van der Waals surface area contributed by atoms with E-state index in [2.05, 4.69) is 10.2 Å². The van der Waals surface area contributed by atoms with Crippen molar-refractivity contribution in [1.29, 1.82) is 0 Å². The number of carbonyl (C=O) groups is 1. The molecule has 1 atom stereocenters. The average Bonchev–Trinajstić information content (AvgIpc) is 3.40. The van der Waals surface area contributed by atoms with Crippen molar-refractivity contribution in [3.8, 4) is 0 Å². The molecule has 2 aromatic heterocycles. The van der Waals surface area contributed by atoms with Crippen LogP contribution in [0.5, 0.6) is 0 Å². The topological polar surface area (TPSA) is 76.2 Å². The van der Waals surface area contributed by atoms with Gasteiger partial charge < -0.3 is 10.0 Å². The maximum atomic E-state index is 13.1. The number of likely N-dealkylation sites (tertiary alicyclic amines) is 1. The minimum absolute atomic E-state index is 0.0711. The molecule has 1 aliphatic heterocycles. The van der Waals surface area contributed by atoms with Crippen LogP contribution < -0.4 is 0 Å². The molecule has 1 N–H and O–H groups in total. The summed E-state index contributed by atoms with van der Waals surface area (Å²) in [4.78, 5) is 15.0. The molecule has 7 heteroatoms. The summed E-state index contributed by atoms with van der Waals surface area (Å²) in [6.45, 7) is 2.68. The second-order valence-corrected chi connectivity index (χ2v) is 7.22. The summed E-state index contributed by atoms with van der Waals surface area (Å²) in [5, 5.41) is 17.9. The molecular weight excluding hydrogens is 354 g/mol. The average molecular weight is 379 g/mol. The Bertz CT molecular complexity index is 919. The number of benzene rings is 1. The number of amides is 1. The van der Waals surface area contributed by atoms with Crippen LogP contribution in [0.2, 0.25) is 0 Å². The first-order valence-electron chi connectivity index (χ1n) is 9.73. The van der Waals surface area contributed by atoms with E-state index in [0.29, 0.717) is 19.6 Å². The molecule has 0 spiro atoms. The summed E-state index contributed by atoms with van der Waals surface area (Å²) in [5.74, 6) is 0.312. The van der Waals surface area contributed by atoms with Gasteiger partial charge >= 0.3 is 0 Å². The standard InChI is InChI=1S/C21H25N5O2/c27-13-12-25-11-7-20(23-25)19-6-2-9-24(16-19)21(28)18-5-1-4-17(14-18)15-26-10-3-8-22-26/h1,3-5,7-8,10-11,14,19,27H,2,6,9,12-13,15-16H2/t19-/m1/s1. The van der Waals surface area contributed by atoms with E-state index in [9.17, 15) is 4.79 Å². The van der Waals surface area contributed by atoms with Gasteiger partial charge in [0.1, 0.15) is 0 Å². The van der Waals surface area contributed by atoms with Gasteiger partial charge in [-0.15, -0.1) is 0 Å². The number of rotatable bonds is 6. The van der Waals surface area contributed by atoms with Gasteiger partial charge in [-0.05, 0) is 42.7 Å². The third-order valence-electron chi connectivity index (χ3n) is 5.19. The van der Waals surface area contributed by atoms with E-state index < -0.39 is 0 Å². The lowest BCUT2D eigenvalue weighted by Gasteiger charge is -2.32. The van der Waals surface area contributed by atoms with Crippen molar-refractivity contribution >= 4 is 5.91 Å². The number of nitrogens with zero attached hydrogens (tertiary/aromatic N) is 5. The smallest absolute Gasteiger partial charge is 0.253 e. The van der Waals surface area contributed by atoms with E-state index in [-0.39, 0.29) is 18.4 Å². The summed E-state index contributed by atoms with van der Waals surface area (Å²) in [5.41, 5.74) is 2.78. The van der Waals surface area contributed by atoms with Gasteiger partial charge in [-0.3, -0.25) is 14.2 Å². The first-order chi connectivity index (χ1) is 13.7. The second-order valence-electron chi connectivity index (χ2n) is 7.22. The maximum absolute atomic E-state index is 13.1. The Balaban J connectivity index is 1.45. The Hall–Kier alpha value is -2.93. The second kappa shape index (κ2) is 8.39. The van der Waals surface area contributed by atoms with E-state index >= 15 is 0 Å². The van der Waals surface area contributed by atoms with E-state index in [4.69, 9.17) is 5.11 Å². The molecule has 0 radical (unpaired) electrons. The summed E-state index contributed by atoms with van der Waals surface area (Å²) < 4.78 is 3.61. The molecule has 1 aliphatic rings. The first kappa shape index (κ1) is 18.4. The third-order valence-corrected chi connectivity index (χ3v) is 5.19. The van der Waals surface area contributed by atoms with Gasteiger partial charge in [-0.2, -0.15) is 10.2 Å². The predicted octanol–water partition coefficient (Wildman–Crippen LogP) is 2.14. The molecule has 7 nitrogen and oxygen atoms in total. The number of aliphatic hydroxyl groups is 1. The molecule has 3 aromatic rings. The molecule has 0 aliphatic carbocycles. The normalized spacial score (nSPS) is 17.0. The van der Waals surface area contributed by atoms with Crippen molar-refractivity contribution in [3.63, 3.8) is 0 Å². The van der Waals surface area contributed by atoms with Crippen LogP contribution in [0, 0.1) is 0 Å². The Morgan fingerprint density at radius 2 is 2.11 bits per heavy atom. The van der Waals surface area contributed by atoms with E-state index in [1.54, 1.807) is 10.9 Å². The molecule has 3 heterocycles. The van der Waals surface area contributed by atoms with Crippen LogP contribution >= 0.6 is 0 Å². The van der Waals surface area contributed by atoms with Crippen LogP contribution in [0.25, 0.3) is 0 Å². The summed E-state index contributed by atoms with van der Waals surface area (Å²) in [6, 6.07) is 11.7. The third kappa shape index (κ3) is 4.14. The number of hydrogen-bond donors (Lipinski definition) is 1. The zero-order valence-corrected chi connectivity index (χ0v) is 15.8. The fourth-order valence-electron chi connectivity index (χ4n) is 3.79. The largest absolute Gasteiger partial charge is 0.394 e. The fraction of sp³-hybridized carbons (Fsp3) is 0.381. The highest BCUT2D eigenvalue weighted by Gasteiger charge is 2.27. The van der Waals surface area contributed by atoms with Gasteiger partial charge in [0.15, 0.2) is 0 Å². The van der Waals surface area contributed by atoms with Gasteiger partial charge in [0, 0.05) is 43.2 Å². The van der Waals surface area contributed by atoms with Crippen molar-refractivity contribution < 1.29 is 9.90 Å². The molecule has 1 aromatic carbocycles. The minimum Gasteiger partial charge on any atom is -0.394 e. The molecule has 1 saturated heterocycles. The van der Waals surface area contributed by atoms with Gasteiger partial charge in [0.2, 0.25) is 0 Å². The Kier molecular flexibility index (Phi) is 5.53.